The first-order valence-electron chi connectivity index (χ1n) is 6.41. The number of hydrogen-bond donors (Lipinski definition) is 1. The molecule has 4 nitrogen and oxygen atoms in total. The van der Waals surface area contributed by atoms with Crippen LogP contribution in [0.3, 0.4) is 0 Å². The first kappa shape index (κ1) is 13.5. The smallest absolute Gasteiger partial charge is 0.250 e. The number of aromatic nitrogens is 1. The van der Waals surface area contributed by atoms with E-state index in [4.69, 9.17) is 5.73 Å². The summed E-state index contributed by atoms with van der Waals surface area (Å²) in [5.41, 5.74) is 6.36. The van der Waals surface area contributed by atoms with Gasteiger partial charge in [0, 0.05) is 36.3 Å². The Morgan fingerprint density at radius 3 is 3.11 bits per heavy atom. The van der Waals surface area contributed by atoms with Crippen LogP contribution < -0.4 is 11.3 Å². The van der Waals surface area contributed by atoms with E-state index in [0.29, 0.717) is 11.7 Å². The highest BCUT2D eigenvalue weighted by Gasteiger charge is 2.19. The summed E-state index contributed by atoms with van der Waals surface area (Å²) in [6.45, 7) is 1.78. The zero-order valence-electron chi connectivity index (χ0n) is 10.8. The van der Waals surface area contributed by atoms with E-state index in [9.17, 15) is 4.79 Å². The van der Waals surface area contributed by atoms with Gasteiger partial charge in [-0.2, -0.15) is 11.8 Å². The summed E-state index contributed by atoms with van der Waals surface area (Å²) in [7, 11) is 2.18. The minimum Gasteiger partial charge on any atom is -0.398 e. The van der Waals surface area contributed by atoms with Crippen LogP contribution in [0.2, 0.25) is 0 Å². The monoisotopic (exact) mass is 267 g/mol. The predicted octanol–water partition coefficient (Wildman–Crippen LogP) is 1.26. The van der Waals surface area contributed by atoms with Gasteiger partial charge in [-0.3, -0.25) is 4.79 Å². The summed E-state index contributed by atoms with van der Waals surface area (Å²) < 4.78 is 1.70. The molecule has 2 heterocycles. The fraction of sp³-hybridized carbons (Fsp3) is 0.615. The number of hydrogen-bond acceptors (Lipinski definition) is 4. The minimum atomic E-state index is 0.0308. The van der Waals surface area contributed by atoms with Gasteiger partial charge < -0.3 is 15.2 Å². The second-order valence-corrected chi connectivity index (χ2v) is 6.00. The third kappa shape index (κ3) is 3.53. The summed E-state index contributed by atoms with van der Waals surface area (Å²) >= 11 is 2.03. The lowest BCUT2D eigenvalue weighted by Crippen LogP contribution is -2.33. The zero-order valence-corrected chi connectivity index (χ0v) is 11.7. The van der Waals surface area contributed by atoms with Gasteiger partial charge in [-0.05, 0) is 38.3 Å². The van der Waals surface area contributed by atoms with Gasteiger partial charge in [0.05, 0.1) is 0 Å². The van der Waals surface area contributed by atoms with Crippen molar-refractivity contribution in [2.24, 2.45) is 0 Å². The Morgan fingerprint density at radius 2 is 2.39 bits per heavy atom. The van der Waals surface area contributed by atoms with Crippen LogP contribution in [0.15, 0.2) is 23.1 Å². The second kappa shape index (κ2) is 6.29. The number of pyridine rings is 1. The first-order chi connectivity index (χ1) is 8.66. The van der Waals surface area contributed by atoms with Crippen LogP contribution in [0.25, 0.3) is 0 Å². The Bertz CT molecular complexity index is 440. The standard InChI is InChI=1S/C13H21N3OS/c1-15(12-5-8-18-10-12)6-2-7-16-9-11(14)3-4-13(16)17/h3-4,9,12H,2,5-8,10,14H2,1H3. The maximum atomic E-state index is 11.6. The Labute approximate surface area is 112 Å². The van der Waals surface area contributed by atoms with Crippen molar-refractivity contribution in [2.75, 3.05) is 30.8 Å². The second-order valence-electron chi connectivity index (χ2n) is 4.85. The van der Waals surface area contributed by atoms with Crippen LogP contribution in [-0.4, -0.2) is 40.6 Å². The molecular formula is C13H21N3OS. The van der Waals surface area contributed by atoms with E-state index in [2.05, 4.69) is 11.9 Å². The largest absolute Gasteiger partial charge is 0.398 e. The summed E-state index contributed by atoms with van der Waals surface area (Å²) in [6.07, 6.45) is 4.01. The van der Waals surface area contributed by atoms with Crippen LogP contribution in [0.4, 0.5) is 5.69 Å². The topological polar surface area (TPSA) is 51.3 Å². The highest BCUT2D eigenvalue weighted by Crippen LogP contribution is 2.21. The molecule has 1 aromatic heterocycles. The molecule has 0 aliphatic carbocycles. The highest BCUT2D eigenvalue weighted by atomic mass is 32.2. The van der Waals surface area contributed by atoms with Gasteiger partial charge >= 0.3 is 0 Å². The molecule has 1 aromatic rings. The number of nitrogen functional groups attached to an aromatic ring is 1. The highest BCUT2D eigenvalue weighted by molar-refractivity contribution is 7.99. The van der Waals surface area contributed by atoms with Crippen LogP contribution >= 0.6 is 11.8 Å². The van der Waals surface area contributed by atoms with Crippen LogP contribution in [0.5, 0.6) is 0 Å². The zero-order chi connectivity index (χ0) is 13.0. The molecule has 1 unspecified atom stereocenters. The maximum Gasteiger partial charge on any atom is 0.250 e. The average molecular weight is 267 g/mol. The van der Waals surface area contributed by atoms with E-state index >= 15 is 0 Å². The van der Waals surface area contributed by atoms with Crippen molar-refractivity contribution in [3.05, 3.63) is 28.7 Å². The third-order valence-electron chi connectivity index (χ3n) is 3.45. The molecule has 1 saturated heterocycles. The molecule has 1 fully saturated rings. The number of rotatable bonds is 5. The molecule has 0 amide bonds. The Kier molecular flexibility index (Phi) is 4.72. The van der Waals surface area contributed by atoms with E-state index in [0.717, 1.165) is 19.5 Å². The number of aryl methyl sites for hydroxylation is 1. The van der Waals surface area contributed by atoms with E-state index in [-0.39, 0.29) is 5.56 Å². The molecule has 1 aliphatic heterocycles. The van der Waals surface area contributed by atoms with Crippen molar-refractivity contribution >= 4 is 17.4 Å². The molecule has 1 aliphatic rings. The summed E-state index contributed by atoms with van der Waals surface area (Å²) in [5.74, 6) is 2.53. The molecule has 0 spiro atoms. The molecule has 2 N–H and O–H groups in total. The number of anilines is 1. The molecule has 1 atom stereocenters. The van der Waals surface area contributed by atoms with Gasteiger partial charge in [0.2, 0.25) is 0 Å². The molecule has 100 valence electrons. The van der Waals surface area contributed by atoms with Gasteiger partial charge in [0.15, 0.2) is 0 Å². The molecule has 0 radical (unpaired) electrons. The van der Waals surface area contributed by atoms with Crippen LogP contribution in [0.1, 0.15) is 12.8 Å². The van der Waals surface area contributed by atoms with E-state index in [1.165, 1.54) is 24.0 Å². The van der Waals surface area contributed by atoms with E-state index in [1.807, 2.05) is 11.8 Å². The number of thioether (sulfide) groups is 1. The summed E-state index contributed by atoms with van der Waals surface area (Å²) in [4.78, 5) is 14.0. The third-order valence-corrected chi connectivity index (χ3v) is 4.59. The van der Waals surface area contributed by atoms with Gasteiger partial charge in [-0.1, -0.05) is 0 Å². The van der Waals surface area contributed by atoms with Crippen LogP contribution in [0, 0.1) is 0 Å². The quantitative estimate of drug-likeness (QED) is 0.872. The lowest BCUT2D eigenvalue weighted by molar-refractivity contribution is 0.254. The summed E-state index contributed by atoms with van der Waals surface area (Å²) in [5, 5.41) is 0. The van der Waals surface area contributed by atoms with Crippen molar-refractivity contribution in [3.63, 3.8) is 0 Å². The van der Waals surface area contributed by atoms with Crippen molar-refractivity contribution in [3.8, 4) is 0 Å². The predicted molar refractivity (Wildman–Crippen MR) is 78.1 cm³/mol. The molecule has 0 aromatic carbocycles. The van der Waals surface area contributed by atoms with Crippen molar-refractivity contribution < 1.29 is 0 Å². The molecular weight excluding hydrogens is 246 g/mol. The van der Waals surface area contributed by atoms with Crippen molar-refractivity contribution in [1.82, 2.24) is 9.47 Å². The van der Waals surface area contributed by atoms with Gasteiger partial charge in [0.25, 0.3) is 5.56 Å². The SMILES string of the molecule is CN(CCCn1cc(N)ccc1=O)C1CCSC1. The Balaban J connectivity index is 1.80. The molecule has 0 saturated carbocycles. The first-order valence-corrected chi connectivity index (χ1v) is 7.56. The molecule has 0 bridgehead atoms. The lowest BCUT2D eigenvalue weighted by Gasteiger charge is -2.23. The fourth-order valence-corrected chi connectivity index (χ4v) is 3.57. The maximum absolute atomic E-state index is 11.6. The molecule has 5 heteroatoms. The van der Waals surface area contributed by atoms with E-state index in [1.54, 1.807) is 16.8 Å². The normalized spacial score (nSPS) is 19.6. The van der Waals surface area contributed by atoms with Gasteiger partial charge in [0.1, 0.15) is 0 Å². The number of nitrogens with two attached hydrogens (primary N) is 1. The van der Waals surface area contributed by atoms with Gasteiger partial charge in [-0.25, -0.2) is 0 Å². The Hall–Kier alpha value is -0.940. The van der Waals surface area contributed by atoms with Crippen LogP contribution in [-0.2, 0) is 6.54 Å². The molecule has 18 heavy (non-hydrogen) atoms. The minimum absolute atomic E-state index is 0.0308. The number of nitrogens with zero attached hydrogens (tertiary/aromatic N) is 2. The van der Waals surface area contributed by atoms with Gasteiger partial charge in [-0.15, -0.1) is 0 Å². The summed E-state index contributed by atoms with van der Waals surface area (Å²) in [6, 6.07) is 3.90. The van der Waals surface area contributed by atoms with Crippen molar-refractivity contribution in [1.29, 1.82) is 0 Å². The lowest BCUT2D eigenvalue weighted by atomic mass is 10.2. The van der Waals surface area contributed by atoms with Crippen molar-refractivity contribution in [2.45, 2.75) is 25.4 Å². The fourth-order valence-electron chi connectivity index (χ4n) is 2.27. The Morgan fingerprint density at radius 1 is 1.56 bits per heavy atom. The molecule has 2 rings (SSSR count). The van der Waals surface area contributed by atoms with E-state index < -0.39 is 0 Å². The average Bonchev–Trinajstić information content (AvgIpc) is 2.87.